The van der Waals surface area contributed by atoms with Gasteiger partial charge in [-0.2, -0.15) is 0 Å². The molecular formula is C15H22N2O. The van der Waals surface area contributed by atoms with E-state index in [0.717, 1.165) is 0 Å². The van der Waals surface area contributed by atoms with Gasteiger partial charge in [0.15, 0.2) is 0 Å². The molecule has 1 aromatic carbocycles. The third-order valence-electron chi connectivity index (χ3n) is 3.79. The molecule has 1 aromatic rings. The molecule has 1 aliphatic rings. The third-order valence-corrected chi connectivity index (χ3v) is 3.79. The molecule has 1 saturated heterocycles. The first kappa shape index (κ1) is 13.1. The normalized spacial score (nSPS) is 17.8. The van der Waals surface area contributed by atoms with Gasteiger partial charge in [0.2, 0.25) is 5.91 Å². The molecule has 18 heavy (non-hydrogen) atoms. The van der Waals surface area contributed by atoms with Crippen molar-refractivity contribution in [3.63, 3.8) is 0 Å². The zero-order valence-corrected chi connectivity index (χ0v) is 11.1. The molecule has 1 amide bonds. The number of likely N-dealkylation sites (tertiary alicyclic amines) is 1. The van der Waals surface area contributed by atoms with Crippen molar-refractivity contribution in [1.82, 2.24) is 4.90 Å². The van der Waals surface area contributed by atoms with Crippen LogP contribution < -0.4 is 5.73 Å². The predicted octanol–water partition coefficient (Wildman–Crippen LogP) is 2.37. The number of hydrogen-bond acceptors (Lipinski definition) is 2. The summed E-state index contributed by atoms with van der Waals surface area (Å²) in [6.45, 7) is 5.83. The lowest BCUT2D eigenvalue weighted by Crippen LogP contribution is -2.33. The number of piperidine rings is 1. The molecule has 2 N–H and O–H groups in total. The van der Waals surface area contributed by atoms with Crippen molar-refractivity contribution in [3.8, 4) is 0 Å². The van der Waals surface area contributed by atoms with Gasteiger partial charge in [0.1, 0.15) is 0 Å². The van der Waals surface area contributed by atoms with Gasteiger partial charge in [0.05, 0.1) is 0 Å². The summed E-state index contributed by atoms with van der Waals surface area (Å²) >= 11 is 0. The molecule has 3 nitrogen and oxygen atoms in total. The quantitative estimate of drug-likeness (QED) is 0.886. The number of primary amides is 1. The van der Waals surface area contributed by atoms with E-state index in [-0.39, 0.29) is 5.91 Å². The first-order valence-corrected chi connectivity index (χ1v) is 6.83. The highest BCUT2D eigenvalue weighted by molar-refractivity contribution is 5.92. The highest BCUT2D eigenvalue weighted by Crippen LogP contribution is 2.28. The van der Waals surface area contributed by atoms with Crippen LogP contribution in [0.5, 0.6) is 0 Å². The van der Waals surface area contributed by atoms with E-state index >= 15 is 0 Å². The van der Waals surface area contributed by atoms with E-state index in [1.807, 2.05) is 12.1 Å². The Hall–Kier alpha value is -1.35. The average Bonchev–Trinajstić information content (AvgIpc) is 2.40. The fourth-order valence-corrected chi connectivity index (χ4v) is 2.73. The molecule has 1 heterocycles. The van der Waals surface area contributed by atoms with Gasteiger partial charge in [0, 0.05) is 5.56 Å². The lowest BCUT2D eigenvalue weighted by molar-refractivity contribution is 0.100. The second-order valence-corrected chi connectivity index (χ2v) is 5.10. The van der Waals surface area contributed by atoms with Gasteiger partial charge in [-0.15, -0.1) is 0 Å². The maximum Gasteiger partial charge on any atom is 0.248 e. The van der Waals surface area contributed by atoms with Crippen molar-refractivity contribution >= 4 is 5.91 Å². The summed E-state index contributed by atoms with van der Waals surface area (Å²) in [7, 11) is 0. The fourth-order valence-electron chi connectivity index (χ4n) is 2.73. The first-order chi connectivity index (χ1) is 8.70. The monoisotopic (exact) mass is 246 g/mol. The summed E-state index contributed by atoms with van der Waals surface area (Å²) in [6.07, 6.45) is 3.67. The molecule has 0 spiro atoms. The highest BCUT2D eigenvalue weighted by atomic mass is 16.1. The molecule has 0 aromatic heterocycles. The lowest BCUT2D eigenvalue weighted by atomic mass is 9.89. The van der Waals surface area contributed by atoms with Crippen LogP contribution in [0.25, 0.3) is 0 Å². The molecule has 1 fully saturated rings. The third kappa shape index (κ3) is 3.10. The Bertz CT molecular complexity index is 391. The largest absolute Gasteiger partial charge is 0.366 e. The minimum Gasteiger partial charge on any atom is -0.366 e. The van der Waals surface area contributed by atoms with Crippen LogP contribution >= 0.6 is 0 Å². The molecule has 2 rings (SSSR count). The molecule has 3 heteroatoms. The van der Waals surface area contributed by atoms with Crippen molar-refractivity contribution in [2.75, 3.05) is 19.6 Å². The summed E-state index contributed by atoms with van der Waals surface area (Å²) in [5, 5.41) is 0. The Morgan fingerprint density at radius 2 is 1.89 bits per heavy atom. The average molecular weight is 246 g/mol. The van der Waals surface area contributed by atoms with Gasteiger partial charge < -0.3 is 10.6 Å². The molecule has 0 unspecified atom stereocenters. The maximum atomic E-state index is 11.0. The number of hydrogen-bond donors (Lipinski definition) is 1. The van der Waals surface area contributed by atoms with Crippen molar-refractivity contribution in [3.05, 3.63) is 35.4 Å². The second-order valence-electron chi connectivity index (χ2n) is 5.10. The van der Waals surface area contributed by atoms with Crippen molar-refractivity contribution < 1.29 is 4.79 Å². The Morgan fingerprint density at radius 3 is 2.39 bits per heavy atom. The van der Waals surface area contributed by atoms with Crippen molar-refractivity contribution in [1.29, 1.82) is 0 Å². The van der Waals surface area contributed by atoms with Crippen LogP contribution in [0.2, 0.25) is 0 Å². The zero-order valence-electron chi connectivity index (χ0n) is 11.1. The van der Waals surface area contributed by atoms with Gasteiger partial charge in [-0.05, 0) is 62.5 Å². The van der Waals surface area contributed by atoms with E-state index in [9.17, 15) is 4.79 Å². The lowest BCUT2D eigenvalue weighted by Gasteiger charge is -2.31. The SMILES string of the molecule is CCCN1CCC(c2ccc(C(N)=O)cc2)CC1. The molecule has 0 saturated carbocycles. The number of amides is 1. The number of nitrogens with zero attached hydrogens (tertiary/aromatic N) is 1. The summed E-state index contributed by atoms with van der Waals surface area (Å²) < 4.78 is 0. The number of nitrogens with two attached hydrogens (primary N) is 1. The molecule has 1 aliphatic heterocycles. The van der Waals surface area contributed by atoms with Crippen LogP contribution in [0, 0.1) is 0 Å². The van der Waals surface area contributed by atoms with Gasteiger partial charge in [-0.3, -0.25) is 4.79 Å². The Kier molecular flexibility index (Phi) is 4.37. The van der Waals surface area contributed by atoms with Gasteiger partial charge in [-0.1, -0.05) is 19.1 Å². The minimum absolute atomic E-state index is 0.348. The van der Waals surface area contributed by atoms with E-state index in [0.29, 0.717) is 11.5 Å². The standard InChI is InChI=1S/C15H22N2O/c1-2-9-17-10-7-13(8-11-17)12-3-5-14(6-4-12)15(16)18/h3-6,13H,2,7-11H2,1H3,(H2,16,18). The van der Waals surface area contributed by atoms with Crippen LogP contribution in [-0.2, 0) is 0 Å². The molecule has 0 aliphatic carbocycles. The summed E-state index contributed by atoms with van der Waals surface area (Å²) in [5.74, 6) is 0.291. The van der Waals surface area contributed by atoms with E-state index in [4.69, 9.17) is 5.73 Å². The number of rotatable bonds is 4. The second kappa shape index (κ2) is 6.01. The fraction of sp³-hybridized carbons (Fsp3) is 0.533. The summed E-state index contributed by atoms with van der Waals surface area (Å²) in [6, 6.07) is 7.80. The van der Waals surface area contributed by atoms with Crippen LogP contribution in [0.4, 0.5) is 0 Å². The van der Waals surface area contributed by atoms with Crippen LogP contribution in [0.15, 0.2) is 24.3 Å². The van der Waals surface area contributed by atoms with E-state index in [1.165, 1.54) is 44.5 Å². The molecule has 98 valence electrons. The van der Waals surface area contributed by atoms with E-state index < -0.39 is 0 Å². The molecular weight excluding hydrogens is 224 g/mol. The molecule has 0 radical (unpaired) electrons. The molecule has 0 atom stereocenters. The van der Waals surface area contributed by atoms with Gasteiger partial charge in [-0.25, -0.2) is 0 Å². The first-order valence-electron chi connectivity index (χ1n) is 6.83. The topological polar surface area (TPSA) is 46.3 Å². The Balaban J connectivity index is 1.95. The summed E-state index contributed by atoms with van der Waals surface area (Å²) in [5.41, 5.74) is 7.19. The molecule has 0 bridgehead atoms. The van der Waals surface area contributed by atoms with E-state index in [2.05, 4.69) is 24.0 Å². The van der Waals surface area contributed by atoms with Crippen LogP contribution in [-0.4, -0.2) is 30.4 Å². The van der Waals surface area contributed by atoms with Gasteiger partial charge >= 0.3 is 0 Å². The smallest absolute Gasteiger partial charge is 0.248 e. The Morgan fingerprint density at radius 1 is 1.28 bits per heavy atom. The van der Waals surface area contributed by atoms with Crippen LogP contribution in [0.1, 0.15) is 48.0 Å². The number of carbonyl (C=O) groups excluding carboxylic acids is 1. The van der Waals surface area contributed by atoms with Crippen LogP contribution in [0.3, 0.4) is 0 Å². The highest BCUT2D eigenvalue weighted by Gasteiger charge is 2.19. The van der Waals surface area contributed by atoms with Crippen molar-refractivity contribution in [2.45, 2.75) is 32.1 Å². The minimum atomic E-state index is -0.348. The Labute approximate surface area is 109 Å². The maximum absolute atomic E-state index is 11.0. The zero-order chi connectivity index (χ0) is 13.0. The van der Waals surface area contributed by atoms with Crippen molar-refractivity contribution in [2.24, 2.45) is 5.73 Å². The number of benzene rings is 1. The van der Waals surface area contributed by atoms with Gasteiger partial charge in [0.25, 0.3) is 0 Å². The predicted molar refractivity (Wildman–Crippen MR) is 73.7 cm³/mol. The van der Waals surface area contributed by atoms with E-state index in [1.54, 1.807) is 0 Å². The number of carbonyl (C=O) groups is 1. The summed E-state index contributed by atoms with van der Waals surface area (Å²) in [4.78, 5) is 13.6.